The van der Waals surface area contributed by atoms with Crippen LogP contribution in [-0.4, -0.2) is 22.7 Å². The number of phenolic OH excluding ortho intramolecular Hbond substituents is 1. The van der Waals surface area contributed by atoms with Crippen molar-refractivity contribution in [1.82, 2.24) is 9.88 Å². The molecule has 0 atom stereocenters. The van der Waals surface area contributed by atoms with E-state index in [9.17, 15) is 15.2 Å². The maximum absolute atomic E-state index is 12.5. The number of benzene rings is 2. The molecule has 1 aromatic heterocycles. The Labute approximate surface area is 175 Å². The monoisotopic (exact) mass is 401 g/mol. The highest BCUT2D eigenvalue weighted by atomic mass is 16.5. The molecule has 0 radical (unpaired) electrons. The minimum absolute atomic E-state index is 0.0365. The van der Waals surface area contributed by atoms with Crippen LogP contribution in [0, 0.1) is 25.2 Å². The first-order chi connectivity index (χ1) is 14.4. The molecule has 0 fully saturated rings. The van der Waals surface area contributed by atoms with Crippen LogP contribution in [0.5, 0.6) is 11.5 Å². The van der Waals surface area contributed by atoms with Crippen LogP contribution in [0.25, 0.3) is 11.8 Å². The minimum atomic E-state index is -0.428. The van der Waals surface area contributed by atoms with Crippen LogP contribution in [0.4, 0.5) is 0 Å². The van der Waals surface area contributed by atoms with E-state index in [4.69, 9.17) is 4.74 Å². The highest BCUT2D eigenvalue weighted by molar-refractivity contribution is 6.01. The van der Waals surface area contributed by atoms with Crippen molar-refractivity contribution in [2.24, 2.45) is 0 Å². The Balaban J connectivity index is 1.79. The number of rotatable bonds is 6. The van der Waals surface area contributed by atoms with E-state index in [0.29, 0.717) is 6.54 Å². The SMILES string of the molecule is COc1ccc(CNC(=O)/C(C#N)=C\c2cc(C)n(-c3ccc(O)cc3)c2C)cc1. The highest BCUT2D eigenvalue weighted by Gasteiger charge is 2.14. The predicted molar refractivity (Wildman–Crippen MR) is 115 cm³/mol. The Kier molecular flexibility index (Phi) is 6.23. The topological polar surface area (TPSA) is 87.3 Å². The molecule has 0 aliphatic rings. The van der Waals surface area contributed by atoms with Crippen LogP contribution >= 0.6 is 0 Å². The number of nitrogens with zero attached hydrogens (tertiary/aromatic N) is 2. The fraction of sp³-hybridized carbons (Fsp3) is 0.167. The van der Waals surface area contributed by atoms with Crippen molar-refractivity contribution in [3.8, 4) is 23.3 Å². The normalized spacial score (nSPS) is 11.1. The van der Waals surface area contributed by atoms with Crippen LogP contribution in [0.3, 0.4) is 0 Å². The summed E-state index contributed by atoms with van der Waals surface area (Å²) in [6.45, 7) is 4.19. The molecule has 2 N–H and O–H groups in total. The lowest BCUT2D eigenvalue weighted by molar-refractivity contribution is -0.117. The fourth-order valence-electron chi connectivity index (χ4n) is 3.26. The van der Waals surface area contributed by atoms with Crippen molar-refractivity contribution in [2.75, 3.05) is 7.11 Å². The number of aromatic hydroxyl groups is 1. The summed E-state index contributed by atoms with van der Waals surface area (Å²) in [5.74, 6) is 0.510. The third-order valence-corrected chi connectivity index (χ3v) is 4.86. The molecule has 0 bridgehead atoms. The number of hydrogen-bond acceptors (Lipinski definition) is 4. The van der Waals surface area contributed by atoms with Gasteiger partial charge in [0.1, 0.15) is 23.1 Å². The molecule has 0 unspecified atom stereocenters. The van der Waals surface area contributed by atoms with Gasteiger partial charge >= 0.3 is 0 Å². The number of nitrogens with one attached hydrogen (secondary N) is 1. The summed E-state index contributed by atoms with van der Waals surface area (Å²) in [6.07, 6.45) is 1.60. The number of hydrogen-bond donors (Lipinski definition) is 2. The first-order valence-electron chi connectivity index (χ1n) is 9.44. The molecular formula is C24H23N3O3. The zero-order valence-corrected chi connectivity index (χ0v) is 17.1. The van der Waals surface area contributed by atoms with Crippen LogP contribution in [0.15, 0.2) is 60.2 Å². The molecule has 1 heterocycles. The van der Waals surface area contributed by atoms with Gasteiger partial charge in [0.25, 0.3) is 5.91 Å². The van der Waals surface area contributed by atoms with Gasteiger partial charge in [-0.2, -0.15) is 5.26 Å². The van der Waals surface area contributed by atoms with E-state index in [-0.39, 0.29) is 11.3 Å². The molecule has 0 aliphatic carbocycles. The summed E-state index contributed by atoms with van der Waals surface area (Å²) >= 11 is 0. The van der Waals surface area contributed by atoms with E-state index in [2.05, 4.69) is 5.32 Å². The number of aromatic nitrogens is 1. The summed E-state index contributed by atoms with van der Waals surface area (Å²) < 4.78 is 7.13. The zero-order chi connectivity index (χ0) is 21.7. The second-order valence-corrected chi connectivity index (χ2v) is 6.88. The summed E-state index contributed by atoms with van der Waals surface area (Å²) in [5, 5.41) is 21.8. The molecule has 0 saturated carbocycles. The average Bonchev–Trinajstić information content (AvgIpc) is 3.04. The van der Waals surface area contributed by atoms with Crippen molar-refractivity contribution < 1.29 is 14.6 Å². The molecule has 0 aliphatic heterocycles. The van der Waals surface area contributed by atoms with Gasteiger partial charge in [0.05, 0.1) is 7.11 Å². The molecule has 6 nitrogen and oxygen atoms in total. The second-order valence-electron chi connectivity index (χ2n) is 6.88. The first-order valence-corrected chi connectivity index (χ1v) is 9.44. The summed E-state index contributed by atoms with van der Waals surface area (Å²) in [5.41, 5.74) is 4.48. The number of aryl methyl sites for hydroxylation is 1. The Hall–Kier alpha value is -3.98. The Morgan fingerprint density at radius 3 is 2.43 bits per heavy atom. The van der Waals surface area contributed by atoms with Crippen LogP contribution in [0.2, 0.25) is 0 Å². The molecule has 2 aromatic carbocycles. The number of methoxy groups -OCH3 is 1. The molecule has 6 heteroatoms. The number of phenols is 1. The number of nitriles is 1. The fourth-order valence-corrected chi connectivity index (χ4v) is 3.26. The van der Waals surface area contributed by atoms with E-state index in [1.54, 1.807) is 25.3 Å². The number of ether oxygens (including phenoxy) is 1. The van der Waals surface area contributed by atoms with Gasteiger partial charge in [-0.1, -0.05) is 12.1 Å². The summed E-state index contributed by atoms with van der Waals surface area (Å²) in [7, 11) is 1.60. The molecule has 0 saturated heterocycles. The summed E-state index contributed by atoms with van der Waals surface area (Å²) in [6, 6.07) is 18.2. The number of carbonyl (C=O) groups excluding carboxylic acids is 1. The molecule has 30 heavy (non-hydrogen) atoms. The molecule has 152 valence electrons. The largest absolute Gasteiger partial charge is 0.508 e. The van der Waals surface area contributed by atoms with Crippen molar-refractivity contribution >= 4 is 12.0 Å². The van der Waals surface area contributed by atoms with Gasteiger partial charge in [0, 0.05) is 23.6 Å². The van der Waals surface area contributed by atoms with Gasteiger partial charge in [-0.05, 0) is 73.5 Å². The zero-order valence-electron chi connectivity index (χ0n) is 17.1. The van der Waals surface area contributed by atoms with Crippen molar-refractivity contribution in [3.05, 3.63) is 82.7 Å². The van der Waals surface area contributed by atoms with Crippen molar-refractivity contribution in [3.63, 3.8) is 0 Å². The number of carbonyl (C=O) groups is 1. The summed E-state index contributed by atoms with van der Waals surface area (Å²) in [4.78, 5) is 12.5. The van der Waals surface area contributed by atoms with E-state index >= 15 is 0 Å². The second kappa shape index (κ2) is 9.01. The van der Waals surface area contributed by atoms with Crippen LogP contribution in [-0.2, 0) is 11.3 Å². The predicted octanol–water partition coefficient (Wildman–Crippen LogP) is 4.03. The van der Waals surface area contributed by atoms with Crippen LogP contribution in [0.1, 0.15) is 22.5 Å². The quantitative estimate of drug-likeness (QED) is 0.482. The molecular weight excluding hydrogens is 378 g/mol. The van der Waals surface area contributed by atoms with Gasteiger partial charge in [-0.3, -0.25) is 4.79 Å². The lowest BCUT2D eigenvalue weighted by atomic mass is 10.1. The average molecular weight is 401 g/mol. The third kappa shape index (κ3) is 4.53. The molecule has 3 aromatic rings. The highest BCUT2D eigenvalue weighted by Crippen LogP contribution is 2.24. The Morgan fingerprint density at radius 1 is 1.17 bits per heavy atom. The van der Waals surface area contributed by atoms with Crippen molar-refractivity contribution in [1.29, 1.82) is 5.26 Å². The minimum Gasteiger partial charge on any atom is -0.508 e. The van der Waals surface area contributed by atoms with Gasteiger partial charge in [0.15, 0.2) is 0 Å². The number of amides is 1. The lowest BCUT2D eigenvalue weighted by Gasteiger charge is -2.09. The lowest BCUT2D eigenvalue weighted by Crippen LogP contribution is -2.23. The Bertz CT molecular complexity index is 1120. The molecule has 1 amide bonds. The molecule has 0 spiro atoms. The van der Waals surface area contributed by atoms with Gasteiger partial charge in [-0.25, -0.2) is 0 Å². The molecule has 3 rings (SSSR count). The van der Waals surface area contributed by atoms with Gasteiger partial charge < -0.3 is 19.7 Å². The standard InChI is InChI=1S/C24H23N3O3/c1-16-12-19(17(2)27(16)21-6-8-22(28)9-7-21)13-20(14-25)24(29)26-15-18-4-10-23(30-3)11-5-18/h4-13,28H,15H2,1-3H3,(H,26,29)/b20-13-. The van der Waals surface area contributed by atoms with E-state index in [1.165, 1.54) is 0 Å². The van der Waals surface area contributed by atoms with E-state index < -0.39 is 5.91 Å². The third-order valence-electron chi connectivity index (χ3n) is 4.86. The smallest absolute Gasteiger partial charge is 0.262 e. The van der Waals surface area contributed by atoms with Crippen molar-refractivity contribution in [2.45, 2.75) is 20.4 Å². The Morgan fingerprint density at radius 2 is 1.83 bits per heavy atom. The van der Waals surface area contributed by atoms with E-state index in [0.717, 1.165) is 34.0 Å². The van der Waals surface area contributed by atoms with Crippen LogP contribution < -0.4 is 10.1 Å². The van der Waals surface area contributed by atoms with E-state index in [1.807, 2.05) is 66.9 Å². The van der Waals surface area contributed by atoms with Gasteiger partial charge in [0.2, 0.25) is 0 Å². The first kappa shape index (κ1) is 20.7. The maximum Gasteiger partial charge on any atom is 0.262 e. The maximum atomic E-state index is 12.5. The van der Waals surface area contributed by atoms with Gasteiger partial charge in [-0.15, -0.1) is 0 Å².